The summed E-state index contributed by atoms with van der Waals surface area (Å²) in [5.41, 5.74) is 7.97. The van der Waals surface area contributed by atoms with Gasteiger partial charge in [0.2, 0.25) is 11.7 Å². The summed E-state index contributed by atoms with van der Waals surface area (Å²) in [6.07, 6.45) is 0.163. The van der Waals surface area contributed by atoms with Gasteiger partial charge in [0.05, 0.1) is 31.4 Å². The van der Waals surface area contributed by atoms with Crippen LogP contribution in [0, 0.1) is 0 Å². The van der Waals surface area contributed by atoms with Gasteiger partial charge in [0.15, 0.2) is 35.1 Å². The van der Waals surface area contributed by atoms with E-state index in [1.807, 2.05) is 16.7 Å². The van der Waals surface area contributed by atoms with Crippen molar-refractivity contribution < 1.29 is 24.4 Å². The molecule has 0 spiro atoms. The monoisotopic (exact) mass is 397 g/mol. The van der Waals surface area contributed by atoms with Crippen LogP contribution in [0.15, 0.2) is 29.3 Å². The lowest BCUT2D eigenvalue weighted by Crippen LogP contribution is -2.31. The van der Waals surface area contributed by atoms with Crippen molar-refractivity contribution in [3.05, 3.63) is 29.8 Å². The van der Waals surface area contributed by atoms with Crippen molar-refractivity contribution in [2.45, 2.75) is 12.6 Å². The molecule has 2 aliphatic heterocycles. The maximum Gasteiger partial charge on any atom is 0.212 e. The Balaban J connectivity index is 1.71. The number of guanidine groups is 1. The van der Waals surface area contributed by atoms with Gasteiger partial charge in [-0.1, -0.05) is 0 Å². The number of nitrogens with one attached hydrogen (secondary N) is 1. The van der Waals surface area contributed by atoms with Crippen LogP contribution < -0.4 is 25.3 Å². The third-order valence-corrected chi connectivity index (χ3v) is 4.90. The van der Waals surface area contributed by atoms with Crippen LogP contribution in [0.1, 0.15) is 18.2 Å². The lowest BCUT2D eigenvalue weighted by atomic mass is 10.1. The number of nitrogens with two attached hydrogens (primary N) is 1. The summed E-state index contributed by atoms with van der Waals surface area (Å²) in [5, 5.41) is 23.0. The minimum atomic E-state index is -0.638. The standard InChI is InChI=1S/C19H19N5O5/c1-27-15-6-9(5-12(25)16(15)26)17-22-18(20)23-19-21-10-7-13-14(8-11(10)24(17)19)29-4-2-3-28-13/h5-8,17,25-26H,2-4H2,1H3,(H3,20,21,22,23). The van der Waals surface area contributed by atoms with Gasteiger partial charge in [-0.3, -0.25) is 9.88 Å². The number of imidazole rings is 1. The molecule has 5 rings (SSSR count). The van der Waals surface area contributed by atoms with E-state index in [2.05, 4.69) is 15.3 Å². The van der Waals surface area contributed by atoms with E-state index in [0.717, 1.165) is 11.9 Å². The van der Waals surface area contributed by atoms with Gasteiger partial charge in [-0.05, 0) is 12.1 Å². The second kappa shape index (κ2) is 6.36. The van der Waals surface area contributed by atoms with E-state index in [4.69, 9.17) is 19.9 Å². The number of hydrogen-bond donors (Lipinski definition) is 4. The van der Waals surface area contributed by atoms with Crippen LogP contribution in [0.5, 0.6) is 28.7 Å². The first-order valence-electron chi connectivity index (χ1n) is 9.07. The van der Waals surface area contributed by atoms with Crippen molar-refractivity contribution in [2.75, 3.05) is 25.6 Å². The Morgan fingerprint density at radius 3 is 2.69 bits per heavy atom. The molecule has 0 amide bonds. The van der Waals surface area contributed by atoms with Gasteiger partial charge in [-0.2, -0.15) is 0 Å². The first-order chi connectivity index (χ1) is 14.0. The average molecular weight is 397 g/mol. The van der Waals surface area contributed by atoms with Gasteiger partial charge in [-0.15, -0.1) is 0 Å². The molecule has 150 valence electrons. The molecule has 5 N–H and O–H groups in total. The summed E-state index contributed by atoms with van der Waals surface area (Å²) in [6.45, 7) is 1.14. The highest BCUT2D eigenvalue weighted by atomic mass is 16.5. The molecule has 1 unspecified atom stereocenters. The first-order valence-corrected chi connectivity index (χ1v) is 9.07. The molecule has 0 fully saturated rings. The van der Waals surface area contributed by atoms with Gasteiger partial charge in [-0.25, -0.2) is 9.98 Å². The maximum absolute atomic E-state index is 10.1. The van der Waals surface area contributed by atoms with Crippen molar-refractivity contribution in [3.8, 4) is 28.7 Å². The summed E-state index contributed by atoms with van der Waals surface area (Å²) < 4.78 is 18.6. The molecular formula is C19H19N5O5. The highest BCUT2D eigenvalue weighted by Crippen LogP contribution is 2.42. The van der Waals surface area contributed by atoms with E-state index in [1.54, 1.807) is 6.07 Å². The van der Waals surface area contributed by atoms with E-state index < -0.39 is 6.17 Å². The molecule has 0 bridgehead atoms. The Morgan fingerprint density at radius 1 is 1.17 bits per heavy atom. The van der Waals surface area contributed by atoms with Gasteiger partial charge in [0.25, 0.3) is 0 Å². The Hall–Kier alpha value is -3.82. The number of fused-ring (bicyclic) bond motifs is 4. The van der Waals surface area contributed by atoms with Crippen LogP contribution in [0.3, 0.4) is 0 Å². The number of anilines is 1. The van der Waals surface area contributed by atoms with Crippen molar-refractivity contribution in [1.82, 2.24) is 9.55 Å². The van der Waals surface area contributed by atoms with Gasteiger partial charge < -0.3 is 30.2 Å². The third kappa shape index (κ3) is 2.72. The van der Waals surface area contributed by atoms with Crippen LogP contribution in [-0.2, 0) is 0 Å². The van der Waals surface area contributed by atoms with E-state index >= 15 is 0 Å². The fraction of sp³-hybridized carbons (Fsp3) is 0.263. The largest absolute Gasteiger partial charge is 0.504 e. The zero-order valence-corrected chi connectivity index (χ0v) is 15.5. The molecule has 2 aliphatic rings. The topological polar surface area (TPSA) is 136 Å². The number of nitrogens with zero attached hydrogens (tertiary/aromatic N) is 3. The number of aromatic hydroxyl groups is 2. The second-order valence-corrected chi connectivity index (χ2v) is 6.75. The predicted molar refractivity (Wildman–Crippen MR) is 105 cm³/mol. The number of hydrogen-bond acceptors (Lipinski definition) is 9. The summed E-state index contributed by atoms with van der Waals surface area (Å²) in [4.78, 5) is 9.09. The van der Waals surface area contributed by atoms with Crippen LogP contribution in [-0.4, -0.2) is 46.0 Å². The molecule has 3 aromatic rings. The number of phenolic OH excluding ortho intramolecular Hbond substituents is 2. The Labute approximate surface area is 165 Å². The fourth-order valence-corrected chi connectivity index (χ4v) is 3.57. The molecule has 0 saturated heterocycles. The molecule has 10 nitrogen and oxygen atoms in total. The lowest BCUT2D eigenvalue weighted by molar-refractivity contribution is 0.297. The van der Waals surface area contributed by atoms with Crippen LogP contribution in [0.4, 0.5) is 5.95 Å². The van der Waals surface area contributed by atoms with E-state index in [0.29, 0.717) is 41.7 Å². The predicted octanol–water partition coefficient (Wildman–Crippen LogP) is 1.90. The van der Waals surface area contributed by atoms with Crippen LogP contribution in [0.25, 0.3) is 11.0 Å². The molecule has 2 aromatic carbocycles. The summed E-state index contributed by atoms with van der Waals surface area (Å²) in [5.74, 6) is 1.41. The van der Waals surface area contributed by atoms with Crippen LogP contribution in [0.2, 0.25) is 0 Å². The van der Waals surface area contributed by atoms with E-state index in [1.165, 1.54) is 13.2 Å². The van der Waals surface area contributed by atoms with E-state index in [-0.39, 0.29) is 23.2 Å². The zero-order valence-electron chi connectivity index (χ0n) is 15.5. The average Bonchev–Trinajstić information content (AvgIpc) is 2.89. The Morgan fingerprint density at radius 2 is 1.93 bits per heavy atom. The normalized spacial score (nSPS) is 17.8. The quantitative estimate of drug-likeness (QED) is 0.481. The molecule has 0 aliphatic carbocycles. The highest BCUT2D eigenvalue weighted by Gasteiger charge is 2.28. The number of phenols is 2. The number of rotatable bonds is 2. The van der Waals surface area contributed by atoms with E-state index in [9.17, 15) is 10.2 Å². The highest BCUT2D eigenvalue weighted by molar-refractivity contribution is 5.95. The summed E-state index contributed by atoms with van der Waals surface area (Å²) in [6, 6.07) is 6.70. The fourth-order valence-electron chi connectivity index (χ4n) is 3.57. The Bertz CT molecular complexity index is 1160. The van der Waals surface area contributed by atoms with Crippen LogP contribution >= 0.6 is 0 Å². The van der Waals surface area contributed by atoms with Gasteiger partial charge in [0, 0.05) is 24.1 Å². The minimum Gasteiger partial charge on any atom is -0.504 e. The molecular weight excluding hydrogens is 378 g/mol. The lowest BCUT2D eigenvalue weighted by Gasteiger charge is -2.24. The molecule has 0 radical (unpaired) electrons. The van der Waals surface area contributed by atoms with Crippen molar-refractivity contribution in [2.24, 2.45) is 10.7 Å². The van der Waals surface area contributed by atoms with Gasteiger partial charge in [0.1, 0.15) is 0 Å². The second-order valence-electron chi connectivity index (χ2n) is 6.75. The number of ether oxygens (including phenoxy) is 3. The number of benzene rings is 2. The maximum atomic E-state index is 10.1. The zero-order chi connectivity index (χ0) is 20.1. The summed E-state index contributed by atoms with van der Waals surface area (Å²) >= 11 is 0. The molecule has 10 heteroatoms. The summed E-state index contributed by atoms with van der Waals surface area (Å²) in [7, 11) is 1.41. The van der Waals surface area contributed by atoms with Gasteiger partial charge >= 0.3 is 0 Å². The number of methoxy groups -OCH3 is 1. The molecule has 29 heavy (non-hydrogen) atoms. The molecule has 3 heterocycles. The van der Waals surface area contributed by atoms with Crippen molar-refractivity contribution in [1.29, 1.82) is 0 Å². The smallest absolute Gasteiger partial charge is 0.212 e. The SMILES string of the molecule is COc1cc(C2N=C(N)Nc3nc4cc5c(cc4n32)OCCCO5)cc(O)c1O. The third-order valence-electron chi connectivity index (χ3n) is 4.90. The van der Waals surface area contributed by atoms with Crippen molar-refractivity contribution in [3.63, 3.8) is 0 Å². The molecule has 1 atom stereocenters. The number of aromatic nitrogens is 2. The Kier molecular flexibility index (Phi) is 3.79. The van der Waals surface area contributed by atoms with Crippen molar-refractivity contribution >= 4 is 22.9 Å². The molecule has 0 saturated carbocycles. The molecule has 1 aromatic heterocycles. The minimum absolute atomic E-state index is 0.129. The first kappa shape index (κ1) is 17.3. The number of aliphatic imine (C=N–C) groups is 1.